The number of nitrogens with one attached hydrogen (secondary N) is 1. The molecule has 162 valence electrons. The summed E-state index contributed by atoms with van der Waals surface area (Å²) < 4.78 is 10.6. The van der Waals surface area contributed by atoms with E-state index in [1.54, 1.807) is 6.07 Å². The lowest BCUT2D eigenvalue weighted by molar-refractivity contribution is -0.150. The van der Waals surface area contributed by atoms with Crippen LogP contribution < -0.4 is 10.1 Å². The standard InChI is InChI=1S/C21H32N2O6/c1-20(2,3)22-11-14(24)12-29-18-8-6-7-13-9-17(25)16(10-15(13)18)21(4,23-27)19(26)28-5/h6-8,14,16-17,22,24-25H,9-12H2,1-5H3. The molecule has 1 aliphatic rings. The van der Waals surface area contributed by atoms with Crippen molar-refractivity contribution in [1.29, 1.82) is 0 Å². The number of aliphatic hydroxyl groups excluding tert-OH is 2. The predicted molar refractivity (Wildman–Crippen MR) is 109 cm³/mol. The van der Waals surface area contributed by atoms with E-state index in [2.05, 4.69) is 10.5 Å². The van der Waals surface area contributed by atoms with Gasteiger partial charge in [0.2, 0.25) is 5.54 Å². The Morgan fingerprint density at radius 2 is 2.00 bits per heavy atom. The number of carbonyl (C=O) groups excluding carboxylic acids is 1. The number of β-amino-alcohol motifs (C(OH)–C–C–N with tert-alkyl or cyclic N) is 1. The molecule has 29 heavy (non-hydrogen) atoms. The monoisotopic (exact) mass is 408 g/mol. The van der Waals surface area contributed by atoms with E-state index in [4.69, 9.17) is 9.47 Å². The fourth-order valence-corrected chi connectivity index (χ4v) is 3.60. The summed E-state index contributed by atoms with van der Waals surface area (Å²) in [7, 11) is 1.19. The van der Waals surface area contributed by atoms with Crippen LogP contribution >= 0.6 is 0 Å². The smallest absolute Gasteiger partial charge is 0.337 e. The van der Waals surface area contributed by atoms with Gasteiger partial charge in [0.15, 0.2) is 0 Å². The lowest BCUT2D eigenvalue weighted by atomic mass is 9.71. The number of benzene rings is 1. The number of nitrogens with zero attached hydrogens (tertiary/aromatic N) is 1. The van der Waals surface area contributed by atoms with Crippen molar-refractivity contribution in [3.8, 4) is 5.75 Å². The Bertz CT molecular complexity index is 732. The molecule has 8 nitrogen and oxygen atoms in total. The number of fused-ring (bicyclic) bond motifs is 1. The van der Waals surface area contributed by atoms with Gasteiger partial charge in [-0.05, 0) is 57.7 Å². The number of hydrogen-bond donors (Lipinski definition) is 3. The third-order valence-electron chi connectivity index (χ3n) is 5.36. The molecule has 0 saturated heterocycles. The molecule has 8 heteroatoms. The minimum atomic E-state index is -1.70. The maximum Gasteiger partial charge on any atom is 0.337 e. The minimum Gasteiger partial charge on any atom is -0.491 e. The molecule has 1 aromatic rings. The van der Waals surface area contributed by atoms with Crippen molar-refractivity contribution in [3.63, 3.8) is 0 Å². The zero-order valence-electron chi connectivity index (χ0n) is 17.8. The topological polar surface area (TPSA) is 117 Å². The summed E-state index contributed by atoms with van der Waals surface area (Å²) in [4.78, 5) is 23.7. The van der Waals surface area contributed by atoms with Crippen LogP contribution in [-0.2, 0) is 22.4 Å². The summed E-state index contributed by atoms with van der Waals surface area (Å²) in [6, 6.07) is 5.48. The Morgan fingerprint density at radius 1 is 1.31 bits per heavy atom. The van der Waals surface area contributed by atoms with E-state index in [0.717, 1.165) is 11.1 Å². The van der Waals surface area contributed by atoms with Gasteiger partial charge >= 0.3 is 5.97 Å². The molecule has 0 saturated carbocycles. The van der Waals surface area contributed by atoms with E-state index in [-0.39, 0.29) is 25.0 Å². The third kappa shape index (κ3) is 5.52. The van der Waals surface area contributed by atoms with E-state index in [9.17, 15) is 19.9 Å². The normalized spacial score (nSPS) is 22.2. The van der Waals surface area contributed by atoms with Crippen LogP contribution in [0.3, 0.4) is 0 Å². The highest BCUT2D eigenvalue weighted by Gasteiger charge is 2.49. The van der Waals surface area contributed by atoms with Crippen molar-refractivity contribution in [1.82, 2.24) is 5.32 Å². The number of rotatable bonds is 8. The summed E-state index contributed by atoms with van der Waals surface area (Å²) >= 11 is 0. The Hall–Kier alpha value is -2.03. The summed E-state index contributed by atoms with van der Waals surface area (Å²) in [6.07, 6.45) is -1.11. The molecule has 1 aliphatic carbocycles. The molecule has 1 aromatic carbocycles. The van der Waals surface area contributed by atoms with Gasteiger partial charge in [0, 0.05) is 18.0 Å². The van der Waals surface area contributed by atoms with Gasteiger partial charge in [0.05, 0.1) is 13.2 Å². The van der Waals surface area contributed by atoms with Crippen LogP contribution in [0, 0.1) is 10.8 Å². The number of nitroso groups, excluding NO2 is 1. The van der Waals surface area contributed by atoms with Crippen molar-refractivity contribution in [2.45, 2.75) is 63.8 Å². The molecule has 0 amide bonds. The highest BCUT2D eigenvalue weighted by molar-refractivity contribution is 5.81. The summed E-state index contributed by atoms with van der Waals surface area (Å²) in [5.41, 5.74) is -0.129. The molecular formula is C21H32N2O6. The molecule has 4 unspecified atom stereocenters. The summed E-state index contributed by atoms with van der Waals surface area (Å²) in [5, 5.41) is 27.0. The van der Waals surface area contributed by atoms with Gasteiger partial charge in [0.25, 0.3) is 0 Å². The van der Waals surface area contributed by atoms with Gasteiger partial charge < -0.3 is 25.0 Å². The summed E-state index contributed by atoms with van der Waals surface area (Å²) in [5.74, 6) is -0.952. The van der Waals surface area contributed by atoms with Crippen LogP contribution in [0.4, 0.5) is 0 Å². The second-order valence-corrected chi connectivity index (χ2v) is 8.80. The maximum absolute atomic E-state index is 12.2. The van der Waals surface area contributed by atoms with Crippen LogP contribution in [-0.4, -0.2) is 59.7 Å². The molecule has 0 heterocycles. The first-order valence-electron chi connectivity index (χ1n) is 9.79. The highest BCUT2D eigenvalue weighted by atomic mass is 16.5. The number of ether oxygens (including phenoxy) is 2. The van der Waals surface area contributed by atoms with Gasteiger partial charge in [0.1, 0.15) is 18.5 Å². The van der Waals surface area contributed by atoms with E-state index < -0.39 is 29.6 Å². The number of methoxy groups -OCH3 is 1. The number of aliphatic hydroxyl groups is 2. The van der Waals surface area contributed by atoms with Gasteiger partial charge in [-0.25, -0.2) is 4.79 Å². The average molecular weight is 408 g/mol. The fraction of sp³-hybridized carbons (Fsp3) is 0.667. The van der Waals surface area contributed by atoms with Gasteiger partial charge in [-0.1, -0.05) is 17.3 Å². The lowest BCUT2D eigenvalue weighted by Gasteiger charge is -2.37. The Morgan fingerprint density at radius 3 is 2.59 bits per heavy atom. The van der Waals surface area contributed by atoms with Crippen LogP contribution in [0.1, 0.15) is 38.8 Å². The largest absolute Gasteiger partial charge is 0.491 e. The van der Waals surface area contributed by atoms with Gasteiger partial charge in [-0.15, -0.1) is 4.91 Å². The zero-order chi connectivity index (χ0) is 21.8. The molecule has 0 bridgehead atoms. The van der Waals surface area contributed by atoms with Crippen molar-refractivity contribution >= 4 is 5.97 Å². The minimum absolute atomic E-state index is 0.0902. The lowest BCUT2D eigenvalue weighted by Crippen LogP contribution is -2.50. The first-order valence-corrected chi connectivity index (χ1v) is 9.79. The van der Waals surface area contributed by atoms with E-state index >= 15 is 0 Å². The first kappa shape index (κ1) is 23.3. The number of hydrogen-bond acceptors (Lipinski definition) is 8. The highest BCUT2D eigenvalue weighted by Crippen LogP contribution is 2.39. The van der Waals surface area contributed by atoms with Crippen LogP contribution in [0.25, 0.3) is 0 Å². The number of carbonyl (C=O) groups is 1. The second-order valence-electron chi connectivity index (χ2n) is 8.80. The Labute approximate surface area is 171 Å². The van der Waals surface area contributed by atoms with Crippen LogP contribution in [0.15, 0.2) is 23.4 Å². The van der Waals surface area contributed by atoms with E-state index in [0.29, 0.717) is 12.3 Å². The predicted octanol–water partition coefficient (Wildman–Crippen LogP) is 1.59. The molecule has 0 fully saturated rings. The molecular weight excluding hydrogens is 376 g/mol. The second kappa shape index (κ2) is 9.19. The van der Waals surface area contributed by atoms with Crippen molar-refractivity contribution in [2.24, 2.45) is 11.1 Å². The Kier molecular flexibility index (Phi) is 7.37. The van der Waals surface area contributed by atoms with E-state index in [1.807, 2.05) is 32.9 Å². The average Bonchev–Trinajstić information content (AvgIpc) is 2.68. The first-order chi connectivity index (χ1) is 13.5. The Balaban J connectivity index is 2.18. The SMILES string of the molecule is COC(=O)C(C)(N=O)C1Cc2c(cccc2OCC(O)CNC(C)(C)C)CC1O. The van der Waals surface area contributed by atoms with Crippen molar-refractivity contribution in [2.75, 3.05) is 20.3 Å². The molecule has 0 radical (unpaired) electrons. The van der Waals surface area contributed by atoms with Gasteiger partial charge in [-0.3, -0.25) is 0 Å². The maximum atomic E-state index is 12.2. The van der Waals surface area contributed by atoms with Crippen LogP contribution in [0.5, 0.6) is 5.75 Å². The number of esters is 1. The molecule has 0 aliphatic heterocycles. The molecule has 2 rings (SSSR count). The van der Waals surface area contributed by atoms with E-state index in [1.165, 1.54) is 14.0 Å². The van der Waals surface area contributed by atoms with Crippen molar-refractivity contribution in [3.05, 3.63) is 34.2 Å². The van der Waals surface area contributed by atoms with Gasteiger partial charge in [-0.2, -0.15) is 0 Å². The molecule has 0 aromatic heterocycles. The molecule has 4 atom stereocenters. The van der Waals surface area contributed by atoms with Crippen LogP contribution in [0.2, 0.25) is 0 Å². The summed E-state index contributed by atoms with van der Waals surface area (Å²) in [6.45, 7) is 7.90. The molecule has 0 spiro atoms. The molecule has 3 N–H and O–H groups in total. The quantitative estimate of drug-likeness (QED) is 0.442. The fourth-order valence-electron chi connectivity index (χ4n) is 3.60. The third-order valence-corrected chi connectivity index (χ3v) is 5.36. The van der Waals surface area contributed by atoms with Crippen molar-refractivity contribution < 1.29 is 24.5 Å². The zero-order valence-corrected chi connectivity index (χ0v) is 17.8.